The van der Waals surface area contributed by atoms with Crippen molar-refractivity contribution in [3.8, 4) is 0 Å². The Morgan fingerprint density at radius 1 is 1.24 bits per heavy atom. The molecule has 4 nitrogen and oxygen atoms in total. The zero-order chi connectivity index (χ0) is 15.4. The molecule has 1 amide bonds. The summed E-state index contributed by atoms with van der Waals surface area (Å²) in [5.74, 6) is -1.81. The predicted octanol–water partition coefficient (Wildman–Crippen LogP) is 3.22. The molecule has 0 saturated heterocycles. The van der Waals surface area contributed by atoms with E-state index >= 15 is 0 Å². The number of halogens is 1. The standard InChI is InChI=1S/C16H20FNO3/c1-10-3-2-4-12(7-5-10)18-15(19)13-8-6-11(16(20)21)9-14(13)17/h6,8-10,12H,2-5,7H2,1H3,(H,18,19)(H,20,21). The summed E-state index contributed by atoms with van der Waals surface area (Å²) in [6.07, 6.45) is 5.10. The van der Waals surface area contributed by atoms with E-state index in [2.05, 4.69) is 12.2 Å². The van der Waals surface area contributed by atoms with Crippen molar-refractivity contribution in [1.82, 2.24) is 5.32 Å². The Hall–Kier alpha value is -1.91. The van der Waals surface area contributed by atoms with Gasteiger partial charge in [0.05, 0.1) is 11.1 Å². The number of amides is 1. The lowest BCUT2D eigenvalue weighted by Gasteiger charge is -2.16. The molecule has 0 aliphatic heterocycles. The minimum absolute atomic E-state index is 0.0704. The summed E-state index contributed by atoms with van der Waals surface area (Å²) in [6, 6.07) is 3.43. The maximum atomic E-state index is 13.8. The van der Waals surface area contributed by atoms with Crippen LogP contribution in [0.2, 0.25) is 0 Å². The highest BCUT2D eigenvalue weighted by atomic mass is 19.1. The van der Waals surface area contributed by atoms with Gasteiger partial charge in [-0.15, -0.1) is 0 Å². The highest BCUT2D eigenvalue weighted by Crippen LogP contribution is 2.23. The first-order valence-electron chi connectivity index (χ1n) is 7.31. The van der Waals surface area contributed by atoms with Crippen molar-refractivity contribution < 1.29 is 19.1 Å². The third-order valence-electron chi connectivity index (χ3n) is 4.05. The quantitative estimate of drug-likeness (QED) is 0.841. The van der Waals surface area contributed by atoms with E-state index in [4.69, 9.17) is 5.11 Å². The van der Waals surface area contributed by atoms with Crippen molar-refractivity contribution in [2.45, 2.75) is 45.1 Å². The molecule has 1 aromatic carbocycles. The molecule has 0 aromatic heterocycles. The van der Waals surface area contributed by atoms with Crippen LogP contribution in [-0.2, 0) is 0 Å². The molecule has 0 bridgehead atoms. The van der Waals surface area contributed by atoms with Crippen LogP contribution in [0.1, 0.15) is 59.7 Å². The second-order valence-electron chi connectivity index (χ2n) is 5.78. The van der Waals surface area contributed by atoms with E-state index in [1.54, 1.807) is 0 Å². The first-order valence-corrected chi connectivity index (χ1v) is 7.31. The van der Waals surface area contributed by atoms with Crippen molar-refractivity contribution in [2.75, 3.05) is 0 Å². The number of hydrogen-bond acceptors (Lipinski definition) is 2. The average Bonchev–Trinajstić information content (AvgIpc) is 2.63. The first kappa shape index (κ1) is 15.5. The second-order valence-corrected chi connectivity index (χ2v) is 5.78. The third kappa shape index (κ3) is 4.03. The molecular weight excluding hydrogens is 273 g/mol. The zero-order valence-electron chi connectivity index (χ0n) is 12.1. The fourth-order valence-electron chi connectivity index (χ4n) is 2.73. The minimum Gasteiger partial charge on any atom is -0.478 e. The molecule has 1 aromatic rings. The number of carbonyl (C=O) groups is 2. The van der Waals surface area contributed by atoms with Gasteiger partial charge < -0.3 is 10.4 Å². The highest BCUT2D eigenvalue weighted by molar-refractivity contribution is 5.96. The zero-order valence-corrected chi connectivity index (χ0v) is 12.1. The number of carbonyl (C=O) groups excluding carboxylic acids is 1. The molecule has 1 aliphatic rings. The Bertz CT molecular complexity index is 544. The van der Waals surface area contributed by atoms with Gasteiger partial charge in [0.2, 0.25) is 0 Å². The number of hydrogen-bond donors (Lipinski definition) is 2. The van der Waals surface area contributed by atoms with Crippen molar-refractivity contribution in [2.24, 2.45) is 5.92 Å². The Balaban J connectivity index is 2.04. The third-order valence-corrected chi connectivity index (χ3v) is 4.05. The molecule has 2 rings (SSSR count). The predicted molar refractivity (Wildman–Crippen MR) is 76.9 cm³/mol. The van der Waals surface area contributed by atoms with Gasteiger partial charge in [-0.05, 0) is 43.4 Å². The van der Waals surface area contributed by atoms with Crippen LogP contribution in [0.4, 0.5) is 4.39 Å². The number of nitrogens with one attached hydrogen (secondary N) is 1. The maximum Gasteiger partial charge on any atom is 0.335 e. The summed E-state index contributed by atoms with van der Waals surface area (Å²) in [5.41, 5.74) is -0.260. The number of carboxylic acids is 1. The van der Waals surface area contributed by atoms with Gasteiger partial charge in [0.25, 0.3) is 5.91 Å². The smallest absolute Gasteiger partial charge is 0.335 e. The van der Waals surface area contributed by atoms with E-state index in [9.17, 15) is 14.0 Å². The lowest BCUT2D eigenvalue weighted by atomic mass is 10.0. The number of aromatic carboxylic acids is 1. The molecule has 1 aliphatic carbocycles. The summed E-state index contributed by atoms with van der Waals surface area (Å²) in [4.78, 5) is 22.9. The lowest BCUT2D eigenvalue weighted by Crippen LogP contribution is -2.35. The van der Waals surface area contributed by atoms with Crippen LogP contribution in [0.5, 0.6) is 0 Å². The van der Waals surface area contributed by atoms with E-state index in [1.807, 2.05) is 0 Å². The molecule has 0 spiro atoms. The van der Waals surface area contributed by atoms with E-state index in [0.717, 1.165) is 38.2 Å². The monoisotopic (exact) mass is 293 g/mol. The normalized spacial score (nSPS) is 22.4. The van der Waals surface area contributed by atoms with Gasteiger partial charge in [-0.2, -0.15) is 0 Å². The van der Waals surface area contributed by atoms with Gasteiger partial charge in [-0.3, -0.25) is 4.79 Å². The molecule has 114 valence electrons. The topological polar surface area (TPSA) is 66.4 Å². The molecular formula is C16H20FNO3. The first-order chi connectivity index (χ1) is 9.97. The van der Waals surface area contributed by atoms with Gasteiger partial charge in [-0.25, -0.2) is 9.18 Å². The fourth-order valence-corrected chi connectivity index (χ4v) is 2.73. The SMILES string of the molecule is CC1CCCC(NC(=O)c2ccc(C(=O)O)cc2F)CC1. The van der Waals surface area contributed by atoms with Crippen molar-refractivity contribution in [3.05, 3.63) is 35.1 Å². The molecule has 2 atom stereocenters. The summed E-state index contributed by atoms with van der Waals surface area (Å²) >= 11 is 0. The van der Waals surface area contributed by atoms with Crippen LogP contribution < -0.4 is 5.32 Å². The van der Waals surface area contributed by atoms with Crippen molar-refractivity contribution >= 4 is 11.9 Å². The second kappa shape index (κ2) is 6.70. The Kier molecular flexibility index (Phi) is 4.94. The molecule has 1 fully saturated rings. The van der Waals surface area contributed by atoms with Crippen LogP contribution in [0, 0.1) is 11.7 Å². The number of rotatable bonds is 3. The van der Waals surface area contributed by atoms with Crippen molar-refractivity contribution in [1.29, 1.82) is 0 Å². The average molecular weight is 293 g/mol. The van der Waals surface area contributed by atoms with Crippen LogP contribution in [0.15, 0.2) is 18.2 Å². The van der Waals surface area contributed by atoms with Gasteiger partial charge in [0, 0.05) is 6.04 Å². The minimum atomic E-state index is -1.21. The summed E-state index contributed by atoms with van der Waals surface area (Å²) in [6.45, 7) is 2.20. The number of benzene rings is 1. The van der Waals surface area contributed by atoms with Crippen LogP contribution in [0.25, 0.3) is 0 Å². The van der Waals surface area contributed by atoms with Crippen LogP contribution in [0.3, 0.4) is 0 Å². The molecule has 5 heteroatoms. The van der Waals surface area contributed by atoms with Gasteiger partial charge in [0.1, 0.15) is 5.82 Å². The van der Waals surface area contributed by atoms with Crippen LogP contribution >= 0.6 is 0 Å². The maximum absolute atomic E-state index is 13.8. The molecule has 0 heterocycles. The molecule has 2 unspecified atom stereocenters. The highest BCUT2D eigenvalue weighted by Gasteiger charge is 2.20. The lowest BCUT2D eigenvalue weighted by molar-refractivity contribution is 0.0695. The van der Waals surface area contributed by atoms with E-state index < -0.39 is 17.7 Å². The Morgan fingerprint density at radius 3 is 2.67 bits per heavy atom. The van der Waals surface area contributed by atoms with Gasteiger partial charge in [0.15, 0.2) is 0 Å². The molecule has 1 saturated carbocycles. The van der Waals surface area contributed by atoms with Gasteiger partial charge >= 0.3 is 5.97 Å². The largest absolute Gasteiger partial charge is 0.478 e. The Morgan fingerprint density at radius 2 is 2.00 bits per heavy atom. The molecule has 21 heavy (non-hydrogen) atoms. The summed E-state index contributed by atoms with van der Waals surface area (Å²) in [7, 11) is 0. The van der Waals surface area contributed by atoms with E-state index in [0.29, 0.717) is 5.92 Å². The van der Waals surface area contributed by atoms with Gasteiger partial charge in [-0.1, -0.05) is 19.8 Å². The van der Waals surface area contributed by atoms with Crippen molar-refractivity contribution in [3.63, 3.8) is 0 Å². The Labute approximate surface area is 123 Å². The summed E-state index contributed by atoms with van der Waals surface area (Å²) < 4.78 is 13.8. The number of carboxylic acid groups (broad SMARTS) is 1. The summed E-state index contributed by atoms with van der Waals surface area (Å²) in [5, 5.41) is 11.6. The van der Waals surface area contributed by atoms with Crippen LogP contribution in [-0.4, -0.2) is 23.0 Å². The molecule has 0 radical (unpaired) electrons. The van der Waals surface area contributed by atoms with E-state index in [-0.39, 0.29) is 17.2 Å². The fraction of sp³-hybridized carbons (Fsp3) is 0.500. The molecule has 2 N–H and O–H groups in total. The van der Waals surface area contributed by atoms with E-state index in [1.165, 1.54) is 12.1 Å².